The van der Waals surface area contributed by atoms with Crippen molar-refractivity contribution in [2.24, 2.45) is 0 Å². The average molecular weight is 463 g/mol. The molecule has 0 saturated heterocycles. The molecule has 0 heterocycles. The van der Waals surface area contributed by atoms with Crippen molar-refractivity contribution in [3.63, 3.8) is 0 Å². The summed E-state index contributed by atoms with van der Waals surface area (Å²) in [7, 11) is -4.51. The Bertz CT molecular complexity index is 1390. The summed E-state index contributed by atoms with van der Waals surface area (Å²) in [5.41, 5.74) is 1.01. The van der Waals surface area contributed by atoms with Crippen LogP contribution in [0.5, 0.6) is 5.75 Å². The first kappa shape index (κ1) is 23.2. The maximum Gasteiger partial charge on any atom is 0.346 e. The van der Waals surface area contributed by atoms with Gasteiger partial charge >= 0.3 is 10.1 Å². The average Bonchev–Trinajstić information content (AvgIpc) is 2.79. The van der Waals surface area contributed by atoms with Crippen LogP contribution in [0.25, 0.3) is 6.08 Å². The van der Waals surface area contributed by atoms with Gasteiger partial charge < -0.3 is 9.50 Å². The number of carbonyl (C=O) groups excluding carboxylic acids is 1. The normalized spacial score (nSPS) is 11.3. The van der Waals surface area contributed by atoms with Gasteiger partial charge in [0.25, 0.3) is 11.6 Å². The number of nitriles is 1. The summed E-state index contributed by atoms with van der Waals surface area (Å²) in [6, 6.07) is 19.3. The Morgan fingerprint density at radius 2 is 1.79 bits per heavy atom. The summed E-state index contributed by atoms with van der Waals surface area (Å²) in [5.74, 6) is -0.779. The maximum atomic E-state index is 12.6. The zero-order chi connectivity index (χ0) is 24.0. The summed E-state index contributed by atoms with van der Waals surface area (Å²) in [5, 5.41) is 23.2. The summed E-state index contributed by atoms with van der Waals surface area (Å²) < 4.78 is 30.2. The van der Waals surface area contributed by atoms with Crippen molar-refractivity contribution in [1.82, 2.24) is 0 Å². The van der Waals surface area contributed by atoms with Gasteiger partial charge in [-0.2, -0.15) is 13.7 Å². The number of amides is 1. The third-order valence-electron chi connectivity index (χ3n) is 4.38. The van der Waals surface area contributed by atoms with Gasteiger partial charge in [-0.25, -0.2) is 0 Å². The van der Waals surface area contributed by atoms with Crippen LogP contribution in [0.2, 0.25) is 0 Å². The van der Waals surface area contributed by atoms with Crippen molar-refractivity contribution in [1.29, 1.82) is 5.26 Å². The topological polar surface area (TPSA) is 139 Å². The predicted octanol–water partition coefficient (Wildman–Crippen LogP) is 4.22. The van der Waals surface area contributed by atoms with Crippen molar-refractivity contribution in [3.05, 3.63) is 99.6 Å². The first-order valence-corrected chi connectivity index (χ1v) is 10.9. The van der Waals surface area contributed by atoms with E-state index in [1.165, 1.54) is 36.4 Å². The molecule has 0 aromatic heterocycles. The van der Waals surface area contributed by atoms with Crippen LogP contribution in [0.1, 0.15) is 11.1 Å². The molecule has 0 aliphatic rings. The minimum absolute atomic E-state index is 0.141. The molecule has 3 aromatic rings. The van der Waals surface area contributed by atoms with E-state index in [0.29, 0.717) is 11.3 Å². The quantitative estimate of drug-likeness (QED) is 0.182. The SMILES string of the molecule is Cc1ccc(NC(=O)/C(C#N)=C/c2cccc(OS(=O)(=O)c3ccccc3[N+](=O)[O-])c2)cc1. The van der Waals surface area contributed by atoms with E-state index in [1.807, 2.05) is 25.1 Å². The molecule has 1 amide bonds. The van der Waals surface area contributed by atoms with E-state index in [9.17, 15) is 28.6 Å². The van der Waals surface area contributed by atoms with Crippen molar-refractivity contribution in [3.8, 4) is 11.8 Å². The van der Waals surface area contributed by atoms with Gasteiger partial charge in [0.1, 0.15) is 17.4 Å². The molecule has 0 bridgehead atoms. The van der Waals surface area contributed by atoms with Crippen LogP contribution in [0.4, 0.5) is 11.4 Å². The van der Waals surface area contributed by atoms with E-state index in [1.54, 1.807) is 18.2 Å². The van der Waals surface area contributed by atoms with Crippen molar-refractivity contribution in [2.45, 2.75) is 11.8 Å². The lowest BCUT2D eigenvalue weighted by atomic mass is 10.1. The highest BCUT2D eigenvalue weighted by Crippen LogP contribution is 2.27. The number of hydrogen-bond acceptors (Lipinski definition) is 7. The highest BCUT2D eigenvalue weighted by Gasteiger charge is 2.27. The Morgan fingerprint density at radius 3 is 2.45 bits per heavy atom. The molecule has 0 aliphatic carbocycles. The van der Waals surface area contributed by atoms with Crippen LogP contribution >= 0.6 is 0 Å². The zero-order valence-corrected chi connectivity index (χ0v) is 18.1. The molecule has 0 unspecified atom stereocenters. The van der Waals surface area contributed by atoms with Crippen LogP contribution in [-0.2, 0) is 14.9 Å². The standard InChI is InChI=1S/C23H17N3O6S/c1-16-9-11-19(12-10-16)25-23(27)18(15-24)13-17-5-4-6-20(14-17)32-33(30,31)22-8-3-2-7-21(22)26(28)29/h2-14H,1H3,(H,25,27)/b18-13+. The van der Waals surface area contributed by atoms with Gasteiger partial charge in [0.15, 0.2) is 4.90 Å². The molecule has 33 heavy (non-hydrogen) atoms. The first-order chi connectivity index (χ1) is 15.7. The second-order valence-electron chi connectivity index (χ2n) is 6.82. The van der Waals surface area contributed by atoms with E-state index >= 15 is 0 Å². The third kappa shape index (κ3) is 5.81. The number of nitrogens with zero attached hydrogens (tertiary/aromatic N) is 2. The minimum atomic E-state index is -4.51. The molecule has 1 N–H and O–H groups in total. The Kier molecular flexibility index (Phi) is 6.85. The molecule has 10 heteroatoms. The highest BCUT2D eigenvalue weighted by atomic mass is 32.2. The monoisotopic (exact) mass is 463 g/mol. The summed E-state index contributed by atoms with van der Waals surface area (Å²) in [4.78, 5) is 22.2. The summed E-state index contributed by atoms with van der Waals surface area (Å²) >= 11 is 0. The lowest BCUT2D eigenvalue weighted by Gasteiger charge is -2.08. The Balaban J connectivity index is 1.84. The number of hydrogen-bond donors (Lipinski definition) is 1. The van der Waals surface area contributed by atoms with Gasteiger partial charge in [-0.05, 0) is 48.9 Å². The molecular weight excluding hydrogens is 446 g/mol. The van der Waals surface area contributed by atoms with Crippen LogP contribution in [0.3, 0.4) is 0 Å². The Labute approximate surface area is 189 Å². The molecule has 0 spiro atoms. The molecule has 0 saturated carbocycles. The largest absolute Gasteiger partial charge is 0.379 e. The number of carbonyl (C=O) groups is 1. The van der Waals surface area contributed by atoms with E-state index in [0.717, 1.165) is 17.7 Å². The number of rotatable bonds is 7. The molecular formula is C23H17N3O6S. The highest BCUT2D eigenvalue weighted by molar-refractivity contribution is 7.87. The number of nitro benzene ring substituents is 1. The fourth-order valence-electron chi connectivity index (χ4n) is 2.80. The lowest BCUT2D eigenvalue weighted by Crippen LogP contribution is -2.13. The van der Waals surface area contributed by atoms with Crippen LogP contribution in [-0.4, -0.2) is 19.2 Å². The zero-order valence-electron chi connectivity index (χ0n) is 17.3. The third-order valence-corrected chi connectivity index (χ3v) is 5.68. The van der Waals surface area contributed by atoms with Gasteiger partial charge in [0.2, 0.25) is 0 Å². The van der Waals surface area contributed by atoms with Crippen LogP contribution in [0, 0.1) is 28.4 Å². The molecule has 0 fully saturated rings. The fourth-order valence-corrected chi connectivity index (χ4v) is 3.89. The lowest BCUT2D eigenvalue weighted by molar-refractivity contribution is -0.387. The predicted molar refractivity (Wildman–Crippen MR) is 121 cm³/mol. The first-order valence-electron chi connectivity index (χ1n) is 9.47. The molecule has 3 rings (SSSR count). The van der Waals surface area contributed by atoms with Crippen LogP contribution in [0.15, 0.2) is 83.3 Å². The second-order valence-corrected chi connectivity index (χ2v) is 8.34. The summed E-state index contributed by atoms with van der Waals surface area (Å²) in [6.07, 6.45) is 1.27. The number of para-hydroxylation sites is 1. The van der Waals surface area contributed by atoms with Gasteiger partial charge in [0, 0.05) is 11.8 Å². The number of anilines is 1. The van der Waals surface area contributed by atoms with Gasteiger partial charge in [-0.1, -0.05) is 42.0 Å². The van der Waals surface area contributed by atoms with E-state index in [4.69, 9.17) is 4.18 Å². The Morgan fingerprint density at radius 1 is 1.09 bits per heavy atom. The molecule has 0 aliphatic heterocycles. The van der Waals surface area contributed by atoms with Crippen molar-refractivity contribution >= 4 is 33.5 Å². The number of nitro groups is 1. The molecule has 9 nitrogen and oxygen atoms in total. The number of benzene rings is 3. The van der Waals surface area contributed by atoms with Gasteiger partial charge in [-0.15, -0.1) is 0 Å². The second kappa shape index (κ2) is 9.76. The molecule has 0 radical (unpaired) electrons. The number of nitrogens with one attached hydrogen (secondary N) is 1. The molecule has 0 atom stereocenters. The van der Waals surface area contributed by atoms with Gasteiger partial charge in [0.05, 0.1) is 4.92 Å². The maximum absolute atomic E-state index is 12.6. The van der Waals surface area contributed by atoms with Crippen molar-refractivity contribution in [2.75, 3.05) is 5.32 Å². The Hall–Kier alpha value is -4.49. The van der Waals surface area contributed by atoms with E-state index in [2.05, 4.69) is 5.32 Å². The summed E-state index contributed by atoms with van der Waals surface area (Å²) in [6.45, 7) is 1.90. The smallest absolute Gasteiger partial charge is 0.346 e. The van der Waals surface area contributed by atoms with Gasteiger partial charge in [-0.3, -0.25) is 14.9 Å². The van der Waals surface area contributed by atoms with Crippen LogP contribution < -0.4 is 9.50 Å². The van der Waals surface area contributed by atoms with E-state index < -0.39 is 31.5 Å². The molecule has 3 aromatic carbocycles. The molecule has 166 valence electrons. The van der Waals surface area contributed by atoms with Crippen molar-refractivity contribution < 1.29 is 22.3 Å². The minimum Gasteiger partial charge on any atom is -0.379 e. The number of aryl methyl sites for hydroxylation is 1. The fraction of sp³-hybridized carbons (Fsp3) is 0.0435. The van der Waals surface area contributed by atoms with E-state index in [-0.39, 0.29) is 11.3 Å².